The van der Waals surface area contributed by atoms with Gasteiger partial charge in [0.1, 0.15) is 17.9 Å². The fourth-order valence-corrected chi connectivity index (χ4v) is 5.54. The van der Waals surface area contributed by atoms with Gasteiger partial charge in [-0.25, -0.2) is 9.59 Å². The number of hydrogen-bond donors (Lipinski definition) is 1. The van der Waals surface area contributed by atoms with Crippen LogP contribution >= 0.6 is 23.2 Å². The van der Waals surface area contributed by atoms with Gasteiger partial charge in [-0.2, -0.15) is 0 Å². The molecule has 0 bridgehead atoms. The standard InChI is InChI=1S/C22H29BCl2N2O6/c1-12(2)8-15(23-27(5,13(3)21(30)32-23)14(4)22(31)33-23)9-17(28)11-26-20(29)18-10-16(24)6-7-19(18)25/h6-7,10,12-15H,8-9,11H2,1-5H3,(H,26,29)/t13-,14-,15-,23?,27?/m1/s1. The molecule has 0 unspecified atom stereocenters. The van der Waals surface area contributed by atoms with Crippen LogP contribution in [0.1, 0.15) is 50.9 Å². The van der Waals surface area contributed by atoms with E-state index >= 15 is 0 Å². The summed E-state index contributed by atoms with van der Waals surface area (Å²) in [4.78, 5) is 50.6. The number of carbonyl (C=O) groups excluding carboxylic acids is 4. The van der Waals surface area contributed by atoms with Crippen LogP contribution in [0.2, 0.25) is 15.9 Å². The Bertz CT molecular complexity index is 977. The molecule has 33 heavy (non-hydrogen) atoms. The number of ketones is 1. The molecule has 2 saturated heterocycles. The Morgan fingerprint density at radius 1 is 1.12 bits per heavy atom. The number of benzene rings is 1. The molecule has 1 aromatic rings. The number of hydrogen-bond acceptors (Lipinski definition) is 6. The van der Waals surface area contributed by atoms with Gasteiger partial charge >= 0.3 is 18.6 Å². The van der Waals surface area contributed by atoms with Crippen molar-refractivity contribution >= 4 is 53.5 Å². The zero-order valence-corrected chi connectivity index (χ0v) is 20.9. The third-order valence-electron chi connectivity index (χ3n) is 7.18. The smallest absolute Gasteiger partial charge is 0.587 e. The average Bonchev–Trinajstić information content (AvgIpc) is 3.06. The highest BCUT2D eigenvalue weighted by Crippen LogP contribution is 2.50. The fourth-order valence-electron chi connectivity index (χ4n) is 5.16. The van der Waals surface area contributed by atoms with E-state index < -0.39 is 42.4 Å². The largest absolute Gasteiger partial charge is 0.600 e. The van der Waals surface area contributed by atoms with Crippen LogP contribution in [0.25, 0.3) is 0 Å². The van der Waals surface area contributed by atoms with E-state index in [-0.39, 0.29) is 39.6 Å². The molecular formula is C22H29BCl2N2O6. The summed E-state index contributed by atoms with van der Waals surface area (Å²) in [6.07, 6.45) is 0.489. The first-order valence-electron chi connectivity index (χ1n) is 11.0. The third-order valence-corrected chi connectivity index (χ3v) is 7.74. The van der Waals surface area contributed by atoms with E-state index in [1.807, 2.05) is 13.8 Å². The molecule has 180 valence electrons. The van der Waals surface area contributed by atoms with Gasteiger partial charge in [-0.15, -0.1) is 0 Å². The first-order chi connectivity index (χ1) is 15.3. The number of likely N-dealkylation sites (N-methyl/N-ethyl adjacent to an activating group) is 1. The Kier molecular flexibility index (Phi) is 7.17. The van der Waals surface area contributed by atoms with E-state index in [2.05, 4.69) is 5.32 Å². The van der Waals surface area contributed by atoms with Crippen LogP contribution in [-0.4, -0.2) is 60.4 Å². The van der Waals surface area contributed by atoms with Crippen molar-refractivity contribution < 1.29 is 32.9 Å². The number of nitrogens with zero attached hydrogens (tertiary/aromatic N) is 1. The van der Waals surface area contributed by atoms with Crippen molar-refractivity contribution in [3.05, 3.63) is 33.8 Å². The van der Waals surface area contributed by atoms with Crippen LogP contribution in [0, 0.1) is 5.92 Å². The molecule has 2 aliphatic heterocycles. The zero-order chi connectivity index (χ0) is 24.7. The summed E-state index contributed by atoms with van der Waals surface area (Å²) in [5.74, 6) is -2.05. The molecule has 0 radical (unpaired) electrons. The van der Waals surface area contributed by atoms with Crippen LogP contribution < -0.4 is 5.32 Å². The van der Waals surface area contributed by atoms with Crippen molar-refractivity contribution in [2.45, 2.75) is 58.4 Å². The van der Waals surface area contributed by atoms with Gasteiger partial charge in [0.25, 0.3) is 5.91 Å². The lowest BCUT2D eigenvalue weighted by atomic mass is 9.51. The SMILES string of the molecule is CC(C)C[C@H](CC(=O)CNC(=O)c1cc(Cl)ccc1Cl)[B-]12OC(=O)[C@@H](C)[N+]1(C)[C@H](C)C(=O)O2. The van der Waals surface area contributed by atoms with E-state index in [0.29, 0.717) is 11.4 Å². The molecule has 1 aromatic carbocycles. The number of halogens is 2. The molecule has 3 atom stereocenters. The van der Waals surface area contributed by atoms with Gasteiger partial charge in [0.15, 0.2) is 0 Å². The predicted octanol–water partition coefficient (Wildman–Crippen LogP) is 3.37. The minimum absolute atomic E-state index is 0.00713. The maximum atomic E-state index is 12.9. The number of fused-ring (bicyclic) bond motifs is 1. The Balaban J connectivity index is 1.80. The van der Waals surface area contributed by atoms with E-state index in [0.717, 1.165) is 0 Å². The van der Waals surface area contributed by atoms with Gasteiger partial charge in [0, 0.05) is 12.1 Å². The molecule has 0 spiro atoms. The normalized spacial score (nSPS) is 29.5. The van der Waals surface area contributed by atoms with Crippen molar-refractivity contribution in [3.63, 3.8) is 0 Å². The molecule has 1 amide bonds. The Morgan fingerprint density at radius 2 is 1.70 bits per heavy atom. The lowest BCUT2D eigenvalue weighted by molar-refractivity contribution is -0.840. The van der Waals surface area contributed by atoms with E-state index in [9.17, 15) is 19.2 Å². The number of quaternary nitrogens is 1. The van der Waals surface area contributed by atoms with Crippen LogP contribution in [0.3, 0.4) is 0 Å². The van der Waals surface area contributed by atoms with Gasteiger partial charge in [-0.05, 0) is 50.2 Å². The van der Waals surface area contributed by atoms with Crippen molar-refractivity contribution in [1.29, 1.82) is 0 Å². The second-order valence-electron chi connectivity index (χ2n) is 9.62. The maximum Gasteiger partial charge on any atom is 0.587 e. The van der Waals surface area contributed by atoms with E-state index in [4.69, 9.17) is 32.5 Å². The fraction of sp³-hybridized carbons (Fsp3) is 0.545. The minimum Gasteiger partial charge on any atom is -0.600 e. The second-order valence-corrected chi connectivity index (χ2v) is 10.5. The Labute approximate surface area is 203 Å². The quantitative estimate of drug-likeness (QED) is 0.551. The van der Waals surface area contributed by atoms with Gasteiger partial charge in [0.05, 0.1) is 17.1 Å². The maximum absolute atomic E-state index is 12.9. The predicted molar refractivity (Wildman–Crippen MR) is 125 cm³/mol. The van der Waals surface area contributed by atoms with Crippen LogP contribution in [0.4, 0.5) is 0 Å². The molecule has 0 saturated carbocycles. The number of carbonyl (C=O) groups is 4. The highest BCUT2D eigenvalue weighted by molar-refractivity contribution is 6.68. The zero-order valence-electron chi connectivity index (χ0n) is 19.4. The molecule has 11 heteroatoms. The number of amides is 1. The van der Waals surface area contributed by atoms with Crippen molar-refractivity contribution in [2.75, 3.05) is 13.6 Å². The summed E-state index contributed by atoms with van der Waals surface area (Å²) in [6, 6.07) is 3.30. The molecule has 2 fully saturated rings. The van der Waals surface area contributed by atoms with Crippen molar-refractivity contribution in [3.8, 4) is 0 Å². The Morgan fingerprint density at radius 3 is 2.24 bits per heavy atom. The monoisotopic (exact) mass is 498 g/mol. The molecule has 2 heterocycles. The molecular weight excluding hydrogens is 470 g/mol. The number of Topliss-reactive ketones (excluding diaryl/α,β-unsaturated/α-hetero) is 1. The molecule has 0 aromatic heterocycles. The van der Waals surface area contributed by atoms with E-state index in [1.54, 1.807) is 27.0 Å². The highest BCUT2D eigenvalue weighted by atomic mass is 35.5. The van der Waals surface area contributed by atoms with Gasteiger partial charge in [-0.3, -0.25) is 9.59 Å². The number of nitrogens with one attached hydrogen (secondary N) is 1. The molecule has 0 aliphatic carbocycles. The first kappa shape index (κ1) is 25.5. The lowest BCUT2D eigenvalue weighted by Crippen LogP contribution is -2.68. The minimum atomic E-state index is -2.44. The van der Waals surface area contributed by atoms with E-state index in [1.165, 1.54) is 12.1 Å². The molecule has 8 nitrogen and oxygen atoms in total. The van der Waals surface area contributed by atoms with Gasteiger partial charge in [-0.1, -0.05) is 43.5 Å². The summed E-state index contributed by atoms with van der Waals surface area (Å²) in [5, 5.41) is 3.14. The lowest BCUT2D eigenvalue weighted by Gasteiger charge is -2.48. The first-order valence-corrected chi connectivity index (χ1v) is 11.8. The highest BCUT2D eigenvalue weighted by Gasteiger charge is 2.74. The Hall–Kier alpha value is -2.10. The van der Waals surface area contributed by atoms with Gasteiger partial charge in [0.2, 0.25) is 0 Å². The van der Waals surface area contributed by atoms with Crippen LogP contribution in [-0.2, 0) is 23.7 Å². The van der Waals surface area contributed by atoms with Crippen molar-refractivity contribution in [1.82, 2.24) is 5.32 Å². The summed E-state index contributed by atoms with van der Waals surface area (Å²) >= 11 is 12.0. The summed E-state index contributed by atoms with van der Waals surface area (Å²) in [5.41, 5.74) is 0.167. The summed E-state index contributed by atoms with van der Waals surface area (Å²) in [6.45, 7) is 4.71. The van der Waals surface area contributed by atoms with Crippen LogP contribution in [0.5, 0.6) is 0 Å². The van der Waals surface area contributed by atoms with Crippen molar-refractivity contribution in [2.24, 2.45) is 5.92 Å². The number of rotatable bonds is 8. The third kappa shape index (κ3) is 4.38. The topological polar surface area (TPSA) is 98.8 Å². The average molecular weight is 499 g/mol. The second kappa shape index (κ2) is 9.27. The molecule has 2 aliphatic rings. The van der Waals surface area contributed by atoms with Crippen LogP contribution in [0.15, 0.2) is 18.2 Å². The molecule has 1 N–H and O–H groups in total. The summed E-state index contributed by atoms with van der Waals surface area (Å²) < 4.78 is 11.6. The summed E-state index contributed by atoms with van der Waals surface area (Å²) in [7, 11) is 1.78. The molecule has 3 rings (SSSR count). The van der Waals surface area contributed by atoms with Gasteiger partial charge < -0.3 is 19.0 Å².